The molecule has 2 aromatic carbocycles. The number of hydrogen-bond donors (Lipinski definition) is 1. The van der Waals surface area contributed by atoms with E-state index < -0.39 is 0 Å². The third kappa shape index (κ3) is 7.56. The fourth-order valence-electron chi connectivity index (χ4n) is 2.28. The first kappa shape index (κ1) is 22.3. The molecule has 28 heavy (non-hydrogen) atoms. The van der Waals surface area contributed by atoms with E-state index in [1.165, 1.54) is 0 Å². The molecule has 0 fully saturated rings. The maximum Gasteiger partial charge on any atom is 0.250 e. The fourth-order valence-corrected chi connectivity index (χ4v) is 3.72. The number of carbonyl (C=O) groups excluding carboxylic acids is 1. The van der Waals surface area contributed by atoms with E-state index in [2.05, 4.69) is 33.4 Å². The number of carbonyl (C=O) groups is 1. The van der Waals surface area contributed by atoms with Crippen molar-refractivity contribution in [3.8, 4) is 11.5 Å². The van der Waals surface area contributed by atoms with Gasteiger partial charge in [-0.3, -0.25) is 4.79 Å². The molecule has 0 aliphatic carbocycles. The van der Waals surface area contributed by atoms with Crippen LogP contribution in [0.15, 0.2) is 52.0 Å². The average Bonchev–Trinajstić information content (AvgIpc) is 2.69. The number of amides is 1. The molecule has 1 amide bonds. The van der Waals surface area contributed by atoms with Crippen LogP contribution in [-0.4, -0.2) is 31.1 Å². The summed E-state index contributed by atoms with van der Waals surface area (Å²) < 4.78 is 12.4. The molecule has 150 valence electrons. The number of ether oxygens (including phenoxy) is 2. The highest BCUT2D eigenvalue weighted by Gasteiger charge is 2.06. The number of rotatable bonds is 11. The van der Waals surface area contributed by atoms with Gasteiger partial charge in [-0.15, -0.1) is 11.8 Å². The van der Waals surface area contributed by atoms with E-state index in [9.17, 15) is 4.79 Å². The highest BCUT2D eigenvalue weighted by molar-refractivity contribution is 9.10. The molecule has 0 unspecified atom stereocenters. The number of hydrogen-bond acceptors (Lipinski definition) is 5. The number of hydrazone groups is 1. The lowest BCUT2D eigenvalue weighted by atomic mass is 10.2. The Morgan fingerprint density at radius 2 is 2.00 bits per heavy atom. The summed E-state index contributed by atoms with van der Waals surface area (Å²) in [5, 5.41) is 4.03. The zero-order chi connectivity index (χ0) is 20.2. The summed E-state index contributed by atoms with van der Waals surface area (Å²) >= 11 is 5.05. The molecule has 0 saturated heterocycles. The lowest BCUT2D eigenvalue weighted by Crippen LogP contribution is -2.19. The van der Waals surface area contributed by atoms with Crippen LogP contribution in [0, 0.1) is 0 Å². The zero-order valence-corrected chi connectivity index (χ0v) is 18.5. The van der Waals surface area contributed by atoms with Crippen molar-refractivity contribution in [3.63, 3.8) is 0 Å². The Labute approximate surface area is 179 Å². The van der Waals surface area contributed by atoms with Gasteiger partial charge in [0.05, 0.1) is 25.2 Å². The monoisotopic (exact) mass is 464 g/mol. The molecule has 7 heteroatoms. The van der Waals surface area contributed by atoms with Crippen LogP contribution < -0.4 is 14.9 Å². The summed E-state index contributed by atoms with van der Waals surface area (Å²) in [6.45, 7) is 5.17. The van der Waals surface area contributed by atoms with Crippen molar-refractivity contribution < 1.29 is 14.3 Å². The summed E-state index contributed by atoms with van der Waals surface area (Å²) in [7, 11) is 0. The second-order valence-electron chi connectivity index (χ2n) is 5.87. The van der Waals surface area contributed by atoms with Crippen LogP contribution in [0.1, 0.15) is 31.4 Å². The Morgan fingerprint density at radius 1 is 1.18 bits per heavy atom. The average molecular weight is 465 g/mol. The lowest BCUT2D eigenvalue weighted by Gasteiger charge is -2.11. The molecule has 0 aromatic heterocycles. The highest BCUT2D eigenvalue weighted by Crippen LogP contribution is 2.28. The molecule has 0 spiro atoms. The van der Waals surface area contributed by atoms with Gasteiger partial charge in [-0.2, -0.15) is 5.10 Å². The van der Waals surface area contributed by atoms with E-state index >= 15 is 0 Å². The molecule has 0 aliphatic rings. The van der Waals surface area contributed by atoms with Crippen LogP contribution in [0.5, 0.6) is 11.5 Å². The lowest BCUT2D eigenvalue weighted by molar-refractivity contribution is -0.118. The van der Waals surface area contributed by atoms with Crippen molar-refractivity contribution in [1.29, 1.82) is 0 Å². The summed E-state index contributed by atoms with van der Waals surface area (Å²) in [6, 6.07) is 13.6. The molecule has 0 heterocycles. The molecule has 0 radical (unpaired) electrons. The van der Waals surface area contributed by atoms with Gasteiger partial charge in [0.2, 0.25) is 5.91 Å². The van der Waals surface area contributed by atoms with E-state index in [-0.39, 0.29) is 5.91 Å². The zero-order valence-electron chi connectivity index (χ0n) is 16.1. The third-order valence-electron chi connectivity index (χ3n) is 3.58. The van der Waals surface area contributed by atoms with Crippen molar-refractivity contribution in [2.75, 3.05) is 19.0 Å². The first-order valence-corrected chi connectivity index (χ1v) is 11.1. The predicted octanol–water partition coefficient (Wildman–Crippen LogP) is 5.02. The smallest absolute Gasteiger partial charge is 0.250 e. The molecule has 1 N–H and O–H groups in total. The Hall–Kier alpha value is -1.99. The van der Waals surface area contributed by atoms with E-state index in [1.807, 2.05) is 49.4 Å². The van der Waals surface area contributed by atoms with Crippen LogP contribution >= 0.6 is 27.7 Å². The predicted molar refractivity (Wildman–Crippen MR) is 119 cm³/mol. The second kappa shape index (κ2) is 12.5. The second-order valence-corrected chi connectivity index (χ2v) is 7.70. The van der Waals surface area contributed by atoms with Crippen molar-refractivity contribution in [2.24, 2.45) is 5.10 Å². The van der Waals surface area contributed by atoms with Crippen LogP contribution in [0.2, 0.25) is 0 Å². The van der Waals surface area contributed by atoms with Crippen molar-refractivity contribution in [1.82, 2.24) is 5.43 Å². The minimum atomic E-state index is -0.138. The topological polar surface area (TPSA) is 59.9 Å². The SMILES string of the molecule is CCCOc1ccc(/C=N/NC(=O)CSCc2ccccc2Br)cc1OCC. The summed E-state index contributed by atoms with van der Waals surface area (Å²) in [6.07, 6.45) is 2.53. The van der Waals surface area contributed by atoms with Crippen LogP contribution in [-0.2, 0) is 10.5 Å². The van der Waals surface area contributed by atoms with Gasteiger partial charge in [-0.05, 0) is 48.7 Å². The summed E-state index contributed by atoms with van der Waals surface area (Å²) in [5.41, 5.74) is 4.55. The Balaban J connectivity index is 1.83. The molecule has 2 aromatic rings. The standard InChI is InChI=1S/C21H25BrN2O3S/c1-3-11-27-19-10-9-16(12-20(19)26-4-2)13-23-24-21(25)15-28-14-17-7-5-6-8-18(17)22/h5-10,12-13H,3-4,11,14-15H2,1-2H3,(H,24,25)/b23-13+. The molecule has 0 bridgehead atoms. The molecule has 0 atom stereocenters. The maximum absolute atomic E-state index is 11.9. The largest absolute Gasteiger partial charge is 0.490 e. The van der Waals surface area contributed by atoms with Gasteiger partial charge >= 0.3 is 0 Å². The number of nitrogens with one attached hydrogen (secondary N) is 1. The van der Waals surface area contributed by atoms with E-state index in [4.69, 9.17) is 9.47 Å². The Morgan fingerprint density at radius 3 is 2.75 bits per heavy atom. The molecular formula is C21H25BrN2O3S. The third-order valence-corrected chi connectivity index (χ3v) is 5.34. The van der Waals surface area contributed by atoms with E-state index in [1.54, 1.807) is 18.0 Å². The molecular weight excluding hydrogens is 440 g/mol. The molecule has 0 aliphatic heterocycles. The van der Waals surface area contributed by atoms with Crippen molar-refractivity contribution in [3.05, 3.63) is 58.1 Å². The molecule has 2 rings (SSSR count). The van der Waals surface area contributed by atoms with E-state index in [0.29, 0.717) is 30.5 Å². The number of halogens is 1. The van der Waals surface area contributed by atoms with E-state index in [0.717, 1.165) is 27.8 Å². The maximum atomic E-state index is 11.9. The highest BCUT2D eigenvalue weighted by atomic mass is 79.9. The minimum absolute atomic E-state index is 0.138. The Kier molecular flexibility index (Phi) is 9.93. The normalized spacial score (nSPS) is 10.8. The minimum Gasteiger partial charge on any atom is -0.490 e. The van der Waals surface area contributed by atoms with Gasteiger partial charge in [0.15, 0.2) is 11.5 Å². The fraction of sp³-hybridized carbons (Fsp3) is 0.333. The van der Waals surface area contributed by atoms with Gasteiger partial charge in [0.1, 0.15) is 0 Å². The quantitative estimate of drug-likeness (QED) is 0.374. The summed E-state index contributed by atoms with van der Waals surface area (Å²) in [4.78, 5) is 11.9. The van der Waals surface area contributed by atoms with Gasteiger partial charge in [0, 0.05) is 10.2 Å². The molecule has 0 saturated carbocycles. The molecule has 5 nitrogen and oxygen atoms in total. The van der Waals surface area contributed by atoms with Crippen LogP contribution in [0.4, 0.5) is 0 Å². The number of benzene rings is 2. The van der Waals surface area contributed by atoms with Gasteiger partial charge in [-0.25, -0.2) is 5.43 Å². The van der Waals surface area contributed by atoms with Crippen molar-refractivity contribution in [2.45, 2.75) is 26.0 Å². The first-order chi connectivity index (χ1) is 13.6. The summed E-state index contributed by atoms with van der Waals surface area (Å²) in [5.74, 6) is 2.35. The van der Waals surface area contributed by atoms with Crippen LogP contribution in [0.25, 0.3) is 0 Å². The number of nitrogens with zero attached hydrogens (tertiary/aromatic N) is 1. The first-order valence-electron chi connectivity index (χ1n) is 9.16. The van der Waals surface area contributed by atoms with Gasteiger partial charge in [0.25, 0.3) is 0 Å². The van der Waals surface area contributed by atoms with Crippen molar-refractivity contribution >= 4 is 39.8 Å². The number of thioether (sulfide) groups is 1. The van der Waals surface area contributed by atoms with Gasteiger partial charge in [-0.1, -0.05) is 41.1 Å². The Bertz CT molecular complexity index is 799. The van der Waals surface area contributed by atoms with Crippen LogP contribution in [0.3, 0.4) is 0 Å². The van der Waals surface area contributed by atoms with Gasteiger partial charge < -0.3 is 9.47 Å².